The van der Waals surface area contributed by atoms with Gasteiger partial charge in [0.1, 0.15) is 6.61 Å². The van der Waals surface area contributed by atoms with Crippen LogP contribution in [-0.4, -0.2) is 17.1 Å². The number of ether oxygens (including phenoxy) is 1. The maximum absolute atomic E-state index is 11.9. The summed E-state index contributed by atoms with van der Waals surface area (Å²) in [4.78, 5) is 14.7. The summed E-state index contributed by atoms with van der Waals surface area (Å²) in [6.07, 6.45) is 4.30. The highest BCUT2D eigenvalue weighted by molar-refractivity contribution is 5.82. The van der Waals surface area contributed by atoms with Gasteiger partial charge in [-0.25, -0.2) is 0 Å². The van der Waals surface area contributed by atoms with E-state index in [1.165, 1.54) is 0 Å². The van der Waals surface area contributed by atoms with E-state index in [1.807, 2.05) is 24.3 Å². The highest BCUT2D eigenvalue weighted by atomic mass is 16.5. The van der Waals surface area contributed by atoms with Crippen LogP contribution in [0.2, 0.25) is 0 Å². The largest absolute Gasteiger partial charge is 0.477 e. The maximum Gasteiger partial charge on any atom is 0.258 e. The number of hydrogen-bond acceptors (Lipinski definition) is 3. The number of fused-ring (bicyclic) bond motifs is 1. The highest BCUT2D eigenvalue weighted by Gasteiger charge is 2.30. The summed E-state index contributed by atoms with van der Waals surface area (Å²) in [5, 5.41) is 1.57. The van der Waals surface area contributed by atoms with Crippen molar-refractivity contribution in [2.24, 2.45) is 5.73 Å². The highest BCUT2D eigenvalue weighted by Crippen LogP contribution is 2.27. The van der Waals surface area contributed by atoms with Crippen molar-refractivity contribution in [2.75, 3.05) is 6.61 Å². The van der Waals surface area contributed by atoms with Gasteiger partial charge in [0.15, 0.2) is 5.88 Å². The number of rotatable bonds is 3. The van der Waals surface area contributed by atoms with Crippen molar-refractivity contribution in [1.82, 2.24) is 4.98 Å². The standard InChI is InChI=1S/C15H18N2O2/c16-15(7-3-4-8-15)10-19-13-9-11-5-1-2-6-12(11)14(18)17-13/h1-2,5-6,9H,3-4,7-8,10,16H2,(H,17,18). The summed E-state index contributed by atoms with van der Waals surface area (Å²) in [6.45, 7) is 0.460. The van der Waals surface area contributed by atoms with E-state index in [4.69, 9.17) is 10.5 Å². The van der Waals surface area contributed by atoms with Crippen molar-refractivity contribution in [3.8, 4) is 5.88 Å². The Morgan fingerprint density at radius 1 is 1.26 bits per heavy atom. The molecule has 4 heteroatoms. The fraction of sp³-hybridized carbons (Fsp3) is 0.400. The number of aromatic amines is 1. The Bertz CT molecular complexity index is 642. The first kappa shape index (κ1) is 12.2. The van der Waals surface area contributed by atoms with Crippen molar-refractivity contribution in [2.45, 2.75) is 31.2 Å². The van der Waals surface area contributed by atoms with Crippen LogP contribution in [0.1, 0.15) is 25.7 Å². The van der Waals surface area contributed by atoms with Gasteiger partial charge in [-0.15, -0.1) is 0 Å². The third kappa shape index (κ3) is 2.49. The molecule has 0 amide bonds. The molecule has 1 heterocycles. The van der Waals surface area contributed by atoms with E-state index < -0.39 is 0 Å². The molecule has 0 atom stereocenters. The van der Waals surface area contributed by atoms with Crippen LogP contribution in [0.25, 0.3) is 10.8 Å². The summed E-state index contributed by atoms with van der Waals surface area (Å²) in [5.41, 5.74) is 5.89. The first-order valence-electron chi connectivity index (χ1n) is 6.70. The van der Waals surface area contributed by atoms with Gasteiger partial charge in [-0.2, -0.15) is 0 Å². The Kier molecular flexibility index (Phi) is 3.03. The molecule has 0 bridgehead atoms. The van der Waals surface area contributed by atoms with Crippen molar-refractivity contribution in [3.63, 3.8) is 0 Å². The Morgan fingerprint density at radius 2 is 2.00 bits per heavy atom. The summed E-state index contributed by atoms with van der Waals surface area (Å²) >= 11 is 0. The van der Waals surface area contributed by atoms with Gasteiger partial charge < -0.3 is 10.5 Å². The number of aromatic nitrogens is 1. The fourth-order valence-corrected chi connectivity index (χ4v) is 2.71. The second-order valence-electron chi connectivity index (χ2n) is 5.41. The van der Waals surface area contributed by atoms with E-state index in [0.29, 0.717) is 17.9 Å². The molecule has 0 spiro atoms. The molecule has 2 aromatic rings. The molecule has 1 aromatic carbocycles. The summed E-state index contributed by atoms with van der Waals surface area (Å²) in [6, 6.07) is 9.33. The van der Waals surface area contributed by atoms with Gasteiger partial charge in [0.05, 0.1) is 5.54 Å². The molecular weight excluding hydrogens is 240 g/mol. The normalized spacial score (nSPS) is 17.7. The topological polar surface area (TPSA) is 68.1 Å². The van der Waals surface area contributed by atoms with Crippen molar-refractivity contribution in [1.29, 1.82) is 0 Å². The number of nitrogens with one attached hydrogen (secondary N) is 1. The van der Waals surface area contributed by atoms with E-state index in [2.05, 4.69) is 4.98 Å². The minimum atomic E-state index is -0.234. The Hall–Kier alpha value is -1.81. The zero-order chi connectivity index (χ0) is 13.3. The molecule has 1 saturated carbocycles. The molecule has 1 fully saturated rings. The van der Waals surface area contributed by atoms with Gasteiger partial charge in [0.25, 0.3) is 5.56 Å². The SMILES string of the molecule is NC1(COc2cc3ccccc3c(=O)[nH]2)CCCC1. The zero-order valence-corrected chi connectivity index (χ0v) is 10.8. The number of pyridine rings is 1. The predicted octanol–water partition coefficient (Wildman–Crippen LogP) is 2.18. The van der Waals surface area contributed by atoms with Gasteiger partial charge >= 0.3 is 0 Å². The van der Waals surface area contributed by atoms with E-state index in [0.717, 1.165) is 31.1 Å². The van der Waals surface area contributed by atoms with Gasteiger partial charge in [0.2, 0.25) is 0 Å². The van der Waals surface area contributed by atoms with Crippen LogP contribution >= 0.6 is 0 Å². The van der Waals surface area contributed by atoms with Crippen molar-refractivity contribution >= 4 is 10.8 Å². The molecule has 3 N–H and O–H groups in total. The van der Waals surface area contributed by atoms with Crippen LogP contribution in [-0.2, 0) is 0 Å². The van der Waals surface area contributed by atoms with E-state index in [-0.39, 0.29) is 11.1 Å². The second kappa shape index (κ2) is 4.70. The van der Waals surface area contributed by atoms with Gasteiger partial charge in [-0.3, -0.25) is 9.78 Å². The van der Waals surface area contributed by atoms with E-state index in [1.54, 1.807) is 6.07 Å². The summed E-state index contributed by atoms with van der Waals surface area (Å²) in [5.74, 6) is 0.500. The average molecular weight is 258 g/mol. The summed E-state index contributed by atoms with van der Waals surface area (Å²) in [7, 11) is 0. The molecule has 1 aromatic heterocycles. The first-order chi connectivity index (χ1) is 9.16. The number of H-pyrrole nitrogens is 1. The lowest BCUT2D eigenvalue weighted by atomic mass is 10.0. The fourth-order valence-electron chi connectivity index (χ4n) is 2.71. The third-order valence-electron chi connectivity index (χ3n) is 3.84. The van der Waals surface area contributed by atoms with Crippen LogP contribution in [0.3, 0.4) is 0 Å². The lowest BCUT2D eigenvalue weighted by Gasteiger charge is -2.23. The minimum absolute atomic E-state index is 0.120. The average Bonchev–Trinajstić information content (AvgIpc) is 2.84. The van der Waals surface area contributed by atoms with Crippen LogP contribution in [0.5, 0.6) is 5.88 Å². The van der Waals surface area contributed by atoms with E-state index in [9.17, 15) is 4.79 Å². The van der Waals surface area contributed by atoms with Crippen LogP contribution in [0.4, 0.5) is 0 Å². The molecule has 3 rings (SSSR count). The zero-order valence-electron chi connectivity index (χ0n) is 10.8. The first-order valence-corrected chi connectivity index (χ1v) is 6.70. The monoisotopic (exact) mass is 258 g/mol. The Balaban J connectivity index is 1.83. The molecule has 0 unspecified atom stereocenters. The lowest BCUT2D eigenvalue weighted by Crippen LogP contribution is -2.42. The van der Waals surface area contributed by atoms with Crippen LogP contribution in [0.15, 0.2) is 35.1 Å². The molecular formula is C15H18N2O2. The second-order valence-corrected chi connectivity index (χ2v) is 5.41. The Morgan fingerprint density at radius 3 is 2.79 bits per heavy atom. The molecule has 100 valence electrons. The van der Waals surface area contributed by atoms with Crippen molar-refractivity contribution < 1.29 is 4.74 Å². The molecule has 4 nitrogen and oxygen atoms in total. The number of hydrogen-bond donors (Lipinski definition) is 2. The molecule has 0 aliphatic heterocycles. The van der Waals surface area contributed by atoms with Gasteiger partial charge in [0, 0.05) is 11.5 Å². The maximum atomic E-state index is 11.9. The minimum Gasteiger partial charge on any atom is -0.477 e. The third-order valence-corrected chi connectivity index (χ3v) is 3.84. The molecule has 0 radical (unpaired) electrons. The van der Waals surface area contributed by atoms with Gasteiger partial charge in [-0.1, -0.05) is 31.0 Å². The van der Waals surface area contributed by atoms with Crippen LogP contribution < -0.4 is 16.0 Å². The molecule has 0 saturated heterocycles. The summed E-state index contributed by atoms with van der Waals surface area (Å²) < 4.78 is 5.70. The van der Waals surface area contributed by atoms with Gasteiger partial charge in [-0.05, 0) is 24.3 Å². The molecule has 19 heavy (non-hydrogen) atoms. The number of nitrogens with two attached hydrogens (primary N) is 1. The lowest BCUT2D eigenvalue weighted by molar-refractivity contribution is 0.213. The number of benzene rings is 1. The predicted molar refractivity (Wildman–Crippen MR) is 75.5 cm³/mol. The van der Waals surface area contributed by atoms with E-state index >= 15 is 0 Å². The molecule has 1 aliphatic carbocycles. The smallest absolute Gasteiger partial charge is 0.258 e. The Labute approximate surface area is 111 Å². The van der Waals surface area contributed by atoms with Crippen molar-refractivity contribution in [3.05, 3.63) is 40.7 Å². The molecule has 1 aliphatic rings. The quantitative estimate of drug-likeness (QED) is 0.886. The van der Waals surface area contributed by atoms with Crippen LogP contribution in [0, 0.1) is 0 Å².